The average Bonchev–Trinajstić information content (AvgIpc) is 2.42. The number of likely N-dealkylation sites (tertiary alicyclic amines) is 1. The van der Waals surface area contributed by atoms with Crippen LogP contribution in [0.15, 0.2) is 0 Å². The van der Waals surface area contributed by atoms with Gasteiger partial charge in [0.2, 0.25) is 5.91 Å². The first-order valence-electron chi connectivity index (χ1n) is 7.46. The minimum absolute atomic E-state index is 0.202. The van der Waals surface area contributed by atoms with E-state index in [9.17, 15) is 9.90 Å². The van der Waals surface area contributed by atoms with Gasteiger partial charge in [-0.25, -0.2) is 0 Å². The minimum atomic E-state index is -0.219. The van der Waals surface area contributed by atoms with Crippen LogP contribution >= 0.6 is 0 Å². The quantitative estimate of drug-likeness (QED) is 0.794. The number of hydrogen-bond donors (Lipinski definition) is 2. The molecule has 1 aliphatic heterocycles. The summed E-state index contributed by atoms with van der Waals surface area (Å²) in [5, 5.41) is 13.2. The van der Waals surface area contributed by atoms with E-state index in [-0.39, 0.29) is 18.1 Å². The predicted molar refractivity (Wildman–Crippen MR) is 71.3 cm³/mol. The number of nitrogens with zero attached hydrogens (tertiary/aromatic N) is 1. The summed E-state index contributed by atoms with van der Waals surface area (Å²) < 4.78 is 0. The summed E-state index contributed by atoms with van der Waals surface area (Å²) in [5.41, 5.74) is 0. The molecule has 1 aliphatic carbocycles. The van der Waals surface area contributed by atoms with Gasteiger partial charge in [0.15, 0.2) is 0 Å². The van der Waals surface area contributed by atoms with Crippen molar-refractivity contribution in [2.45, 2.75) is 63.5 Å². The number of aliphatic hydroxyl groups is 1. The molecule has 0 aromatic carbocycles. The van der Waals surface area contributed by atoms with Crippen LogP contribution in [0.4, 0.5) is 0 Å². The molecular weight excluding hydrogens is 228 g/mol. The molecule has 0 unspecified atom stereocenters. The first-order chi connectivity index (χ1) is 8.77. The predicted octanol–water partition coefficient (Wildman–Crippen LogP) is 1.28. The number of aliphatic hydroxyl groups excluding tert-OH is 1. The number of carbonyl (C=O) groups excluding carboxylic acids is 1. The molecule has 0 bridgehead atoms. The van der Waals surface area contributed by atoms with Gasteiger partial charge in [0.1, 0.15) is 0 Å². The van der Waals surface area contributed by atoms with E-state index in [0.29, 0.717) is 13.0 Å². The van der Waals surface area contributed by atoms with Crippen LogP contribution in [0.3, 0.4) is 0 Å². The van der Waals surface area contributed by atoms with Gasteiger partial charge in [0.25, 0.3) is 0 Å². The van der Waals surface area contributed by atoms with Gasteiger partial charge in [-0.15, -0.1) is 0 Å². The van der Waals surface area contributed by atoms with Crippen molar-refractivity contribution < 1.29 is 9.90 Å². The van der Waals surface area contributed by atoms with Crippen molar-refractivity contribution in [1.82, 2.24) is 10.2 Å². The summed E-state index contributed by atoms with van der Waals surface area (Å²) in [4.78, 5) is 13.9. The summed E-state index contributed by atoms with van der Waals surface area (Å²) >= 11 is 0. The van der Waals surface area contributed by atoms with E-state index in [1.165, 1.54) is 12.8 Å². The fourth-order valence-corrected chi connectivity index (χ4v) is 3.02. The van der Waals surface area contributed by atoms with Crippen LogP contribution in [-0.4, -0.2) is 47.7 Å². The molecule has 2 aliphatic rings. The first kappa shape index (κ1) is 13.8. The van der Waals surface area contributed by atoms with Crippen LogP contribution < -0.4 is 5.32 Å². The first-order valence-corrected chi connectivity index (χ1v) is 7.46. The maximum absolute atomic E-state index is 11.9. The van der Waals surface area contributed by atoms with Gasteiger partial charge in [0, 0.05) is 32.1 Å². The highest BCUT2D eigenvalue weighted by molar-refractivity contribution is 5.76. The lowest BCUT2D eigenvalue weighted by atomic mass is 9.92. The summed E-state index contributed by atoms with van der Waals surface area (Å²) in [5.74, 6) is 0.271. The fourth-order valence-electron chi connectivity index (χ4n) is 3.02. The molecule has 0 radical (unpaired) electrons. The summed E-state index contributed by atoms with van der Waals surface area (Å²) in [6, 6.07) is 0.202. The molecule has 1 saturated carbocycles. The molecule has 1 saturated heterocycles. The molecule has 0 aromatic heterocycles. The Morgan fingerprint density at radius 1 is 1.11 bits per heavy atom. The Morgan fingerprint density at radius 2 is 1.83 bits per heavy atom. The second-order valence-electron chi connectivity index (χ2n) is 5.60. The molecule has 1 heterocycles. The van der Waals surface area contributed by atoms with Crippen LogP contribution in [0, 0.1) is 0 Å². The molecule has 0 aromatic rings. The highest BCUT2D eigenvalue weighted by atomic mass is 16.3. The maximum atomic E-state index is 11.9. The zero-order chi connectivity index (χ0) is 12.8. The van der Waals surface area contributed by atoms with Crippen molar-refractivity contribution in [1.29, 1.82) is 0 Å². The Balaban J connectivity index is 1.63. The number of nitrogens with one attached hydrogen (secondary N) is 1. The van der Waals surface area contributed by atoms with Gasteiger partial charge in [-0.2, -0.15) is 0 Å². The molecule has 4 nitrogen and oxygen atoms in total. The minimum Gasteiger partial charge on any atom is -0.392 e. The van der Waals surface area contributed by atoms with Crippen molar-refractivity contribution in [2.75, 3.05) is 19.6 Å². The normalized spacial score (nSPS) is 29.3. The molecule has 2 atom stereocenters. The third-order valence-corrected chi connectivity index (χ3v) is 4.18. The van der Waals surface area contributed by atoms with E-state index in [4.69, 9.17) is 0 Å². The lowest BCUT2D eigenvalue weighted by Gasteiger charge is -2.29. The van der Waals surface area contributed by atoms with Gasteiger partial charge in [-0.1, -0.05) is 12.8 Å². The summed E-state index contributed by atoms with van der Waals surface area (Å²) in [7, 11) is 0. The average molecular weight is 254 g/mol. The number of hydrogen-bond acceptors (Lipinski definition) is 3. The van der Waals surface area contributed by atoms with Gasteiger partial charge in [-0.05, 0) is 32.1 Å². The second kappa shape index (κ2) is 7.10. The Kier molecular flexibility index (Phi) is 5.45. The van der Waals surface area contributed by atoms with Gasteiger partial charge in [-0.3, -0.25) is 4.79 Å². The topological polar surface area (TPSA) is 52.6 Å². The maximum Gasteiger partial charge on any atom is 0.223 e. The number of carbonyl (C=O) groups is 1. The highest BCUT2D eigenvalue weighted by Gasteiger charge is 2.23. The zero-order valence-corrected chi connectivity index (χ0v) is 11.2. The van der Waals surface area contributed by atoms with Crippen LogP contribution in [0.5, 0.6) is 0 Å². The van der Waals surface area contributed by atoms with Crippen LogP contribution in [0.1, 0.15) is 51.4 Å². The van der Waals surface area contributed by atoms with E-state index in [1.54, 1.807) is 0 Å². The van der Waals surface area contributed by atoms with Crippen molar-refractivity contribution in [3.63, 3.8) is 0 Å². The third-order valence-electron chi connectivity index (χ3n) is 4.18. The van der Waals surface area contributed by atoms with Gasteiger partial charge < -0.3 is 15.3 Å². The van der Waals surface area contributed by atoms with Crippen molar-refractivity contribution >= 4 is 5.91 Å². The van der Waals surface area contributed by atoms with Crippen LogP contribution in [0.25, 0.3) is 0 Å². The monoisotopic (exact) mass is 254 g/mol. The third kappa shape index (κ3) is 3.95. The molecule has 0 spiro atoms. The number of rotatable bonds is 4. The largest absolute Gasteiger partial charge is 0.392 e. The van der Waals surface area contributed by atoms with Gasteiger partial charge in [0.05, 0.1) is 6.10 Å². The zero-order valence-electron chi connectivity index (χ0n) is 11.2. The Hall–Kier alpha value is -0.610. The Labute approximate surface area is 110 Å². The van der Waals surface area contributed by atoms with E-state index < -0.39 is 0 Å². The summed E-state index contributed by atoms with van der Waals surface area (Å²) in [6.07, 6.45) is 8.18. The molecule has 2 fully saturated rings. The second-order valence-corrected chi connectivity index (χ2v) is 5.60. The fraction of sp³-hybridized carbons (Fsp3) is 0.929. The van der Waals surface area contributed by atoms with Crippen molar-refractivity contribution in [3.8, 4) is 0 Å². The Bertz CT molecular complexity index is 265. The molecule has 2 N–H and O–H groups in total. The summed E-state index contributed by atoms with van der Waals surface area (Å²) in [6.45, 7) is 2.58. The van der Waals surface area contributed by atoms with Gasteiger partial charge >= 0.3 is 0 Å². The van der Waals surface area contributed by atoms with E-state index in [1.807, 2.05) is 4.90 Å². The SMILES string of the molecule is O=C(CCN[C@H]1CCCC[C@@H]1O)N1CCCCC1. The molecule has 1 amide bonds. The molecule has 104 valence electrons. The number of amides is 1. The van der Waals surface area contributed by atoms with Crippen LogP contribution in [0.2, 0.25) is 0 Å². The standard InChI is InChI=1S/C14H26N2O2/c17-13-7-3-2-6-12(13)15-9-8-14(18)16-10-4-1-5-11-16/h12-13,15,17H,1-11H2/t12-,13-/m0/s1. The van der Waals surface area contributed by atoms with Crippen molar-refractivity contribution in [3.05, 3.63) is 0 Å². The van der Waals surface area contributed by atoms with Crippen LogP contribution in [-0.2, 0) is 4.79 Å². The molecule has 18 heavy (non-hydrogen) atoms. The van der Waals surface area contributed by atoms with E-state index in [0.717, 1.165) is 45.2 Å². The number of piperidine rings is 1. The highest BCUT2D eigenvalue weighted by Crippen LogP contribution is 2.18. The lowest BCUT2D eigenvalue weighted by molar-refractivity contribution is -0.132. The Morgan fingerprint density at radius 3 is 2.56 bits per heavy atom. The van der Waals surface area contributed by atoms with E-state index in [2.05, 4.69) is 5.32 Å². The lowest BCUT2D eigenvalue weighted by Crippen LogP contribution is -2.44. The van der Waals surface area contributed by atoms with Crippen molar-refractivity contribution in [2.24, 2.45) is 0 Å². The smallest absolute Gasteiger partial charge is 0.223 e. The molecule has 4 heteroatoms. The molecular formula is C14H26N2O2. The molecule has 2 rings (SSSR count). The van der Waals surface area contributed by atoms with E-state index >= 15 is 0 Å².